The molecule has 0 radical (unpaired) electrons. The number of alkyl halides is 1. The van der Waals surface area contributed by atoms with Crippen molar-refractivity contribution < 1.29 is 45.9 Å². The van der Waals surface area contributed by atoms with E-state index >= 15 is 4.39 Å². The van der Waals surface area contributed by atoms with Crippen LogP contribution in [-0.2, 0) is 19.8 Å². The van der Waals surface area contributed by atoms with Gasteiger partial charge in [-0.25, -0.2) is 18.7 Å². The molecule has 4 fully saturated rings. The van der Waals surface area contributed by atoms with E-state index in [0.717, 1.165) is 72.5 Å². The summed E-state index contributed by atoms with van der Waals surface area (Å²) in [5.74, 6) is -2.03. The third kappa shape index (κ3) is 8.91. The molecule has 2 N–H and O–H groups in total. The van der Waals surface area contributed by atoms with Crippen LogP contribution < -0.4 is 30.0 Å². The quantitative estimate of drug-likeness (QED) is 0.156. The van der Waals surface area contributed by atoms with Crippen molar-refractivity contribution >= 4 is 56.2 Å². The number of pyridine rings is 1. The van der Waals surface area contributed by atoms with Gasteiger partial charge in [-0.05, 0) is 99.3 Å². The number of benzene rings is 3. The van der Waals surface area contributed by atoms with Gasteiger partial charge in [0.15, 0.2) is 11.6 Å². The third-order valence-electron chi connectivity index (χ3n) is 13.7. The second-order valence-corrected chi connectivity index (χ2v) is 19.9. The second-order valence-electron chi connectivity index (χ2n) is 18.2. The highest BCUT2D eigenvalue weighted by Crippen LogP contribution is 2.37. The predicted octanol–water partition coefficient (Wildman–Crippen LogP) is 4.44. The van der Waals surface area contributed by atoms with Crippen LogP contribution in [0.5, 0.6) is 17.2 Å². The van der Waals surface area contributed by atoms with E-state index in [9.17, 15) is 42.0 Å². The molecule has 5 aromatic rings. The van der Waals surface area contributed by atoms with Gasteiger partial charge in [-0.3, -0.25) is 43.5 Å². The molecule has 0 bridgehead atoms. The number of nitrogens with zero attached hydrogens (tertiary/aromatic N) is 8. The molecule has 2 atom stereocenters. The first kappa shape index (κ1) is 46.4. The minimum atomic E-state index is -4.25. The highest BCUT2D eigenvalue weighted by atomic mass is 32.2. The summed E-state index contributed by atoms with van der Waals surface area (Å²) in [4.78, 5) is 78.8. The Kier molecular flexibility index (Phi) is 12.3. The van der Waals surface area contributed by atoms with Gasteiger partial charge in [0.05, 0.1) is 39.6 Å². The lowest BCUT2D eigenvalue weighted by Gasteiger charge is -2.43. The summed E-state index contributed by atoms with van der Waals surface area (Å²) >= 11 is 0. The zero-order valence-corrected chi connectivity index (χ0v) is 38.5. The Morgan fingerprint density at radius 3 is 2.40 bits per heavy atom. The number of nitrogens with one attached hydrogen (secondary N) is 2. The van der Waals surface area contributed by atoms with Crippen molar-refractivity contribution in [1.29, 1.82) is 5.26 Å². The summed E-state index contributed by atoms with van der Waals surface area (Å²) in [7, 11) is -2.14. The highest BCUT2D eigenvalue weighted by molar-refractivity contribution is 7.90. The summed E-state index contributed by atoms with van der Waals surface area (Å²) in [5, 5.41) is 12.3. The fourth-order valence-electron chi connectivity index (χ4n) is 9.75. The molecule has 4 amide bonds. The molecule has 10 rings (SSSR count). The summed E-state index contributed by atoms with van der Waals surface area (Å²) < 4.78 is 71.3. The van der Waals surface area contributed by atoms with Gasteiger partial charge in [-0.15, -0.1) is 0 Å². The van der Waals surface area contributed by atoms with Crippen LogP contribution in [0.3, 0.4) is 0 Å². The van der Waals surface area contributed by atoms with Crippen molar-refractivity contribution in [3.63, 3.8) is 0 Å². The van der Waals surface area contributed by atoms with Crippen LogP contribution in [0.25, 0.3) is 16.6 Å². The van der Waals surface area contributed by atoms with Crippen LogP contribution in [0.4, 0.5) is 20.3 Å². The molecular formula is C48H46F2N10O9S. The number of anilines is 2. The summed E-state index contributed by atoms with van der Waals surface area (Å²) in [6.45, 7) is 2.11. The molecule has 5 aliphatic rings. The monoisotopic (exact) mass is 976 g/mol. The van der Waals surface area contributed by atoms with E-state index in [1.54, 1.807) is 36.5 Å². The predicted molar refractivity (Wildman–Crippen MR) is 248 cm³/mol. The van der Waals surface area contributed by atoms with Crippen LogP contribution in [0, 0.1) is 23.1 Å². The smallest absolute Gasteiger partial charge is 0.301 e. The molecule has 6 heterocycles. The van der Waals surface area contributed by atoms with Crippen molar-refractivity contribution in [1.82, 2.24) is 34.0 Å². The van der Waals surface area contributed by atoms with Crippen LogP contribution in [-0.4, -0.2) is 125 Å². The van der Waals surface area contributed by atoms with Gasteiger partial charge in [0.1, 0.15) is 53.6 Å². The fourth-order valence-corrected chi connectivity index (χ4v) is 11.0. The zero-order valence-electron chi connectivity index (χ0n) is 37.7. The first-order chi connectivity index (χ1) is 33.6. The third-order valence-corrected chi connectivity index (χ3v) is 15.2. The Morgan fingerprint density at radius 2 is 1.69 bits per heavy atom. The lowest BCUT2D eigenvalue weighted by molar-refractivity contribution is -0.136. The highest BCUT2D eigenvalue weighted by Gasteiger charge is 2.45. The van der Waals surface area contributed by atoms with Gasteiger partial charge in [0.2, 0.25) is 11.8 Å². The Labute approximate surface area is 399 Å². The number of rotatable bonds is 13. The average molecular weight is 977 g/mol. The number of nitriles is 1. The molecule has 3 saturated heterocycles. The molecule has 1 unspecified atom stereocenters. The largest absolute Gasteiger partial charge is 0.490 e. The molecule has 362 valence electrons. The van der Waals surface area contributed by atoms with Crippen LogP contribution in [0.1, 0.15) is 71.2 Å². The number of imide groups is 2. The molecule has 3 aromatic carbocycles. The number of carbonyl (C=O) groups excluding carboxylic acids is 4. The van der Waals surface area contributed by atoms with Crippen molar-refractivity contribution in [2.75, 3.05) is 49.4 Å². The Hall–Kier alpha value is -7.35. The number of aromatic nitrogens is 3. The van der Waals surface area contributed by atoms with E-state index in [2.05, 4.69) is 36.9 Å². The zero-order chi connectivity index (χ0) is 49.0. The number of hydrogen-bond donors (Lipinski definition) is 2. The minimum Gasteiger partial charge on any atom is -0.490 e. The van der Waals surface area contributed by atoms with E-state index < -0.39 is 68.7 Å². The Bertz CT molecular complexity index is 3170. The summed E-state index contributed by atoms with van der Waals surface area (Å²) in [5.41, 5.74) is 0.0124. The van der Waals surface area contributed by atoms with Crippen molar-refractivity contribution in [2.24, 2.45) is 5.92 Å². The van der Waals surface area contributed by atoms with Gasteiger partial charge >= 0.3 is 10.2 Å². The molecule has 0 spiro atoms. The number of ether oxygens (including phenoxy) is 2. The van der Waals surface area contributed by atoms with Gasteiger partial charge in [-0.1, -0.05) is 0 Å². The molecule has 1 aliphatic carbocycles. The SMILES string of the molecule is CN(CC1CCN(c2ccc(-n3cnc4ccc(Oc5c(F)ccc(NS(=O)(=O)N6CC[C@@H](F)C6)c5C#N)cc4c3=O)cn2)CC1)[C@H]1C[C@H](Oc2ccc3c(c2)C(=O)N(C2CCC(=O)NC2=O)C3=O)C1. The standard InChI is InChI=1S/C48H46F2N10O9S/c1-56(30-18-33(19-30)68-31-3-5-34-35(20-31)48(65)60(47(34)64)41-9-11-43(61)54-45(41)62)24-27-12-15-57(16-13-27)42-10-2-29(23-52-42)59-26-53-39-7-4-32(21-36(39)46(59)63)69-44-37(22-51)40(8-6-38(44)50)55-70(66,67)58-17-14-28(49)25-58/h2-8,10,20-21,23,26-28,30,33,41,55H,9,11-19,24-25H2,1H3,(H,54,61,62)/t28-,30-,33-,41?/m1/s1. The number of carbonyl (C=O) groups is 4. The van der Waals surface area contributed by atoms with E-state index in [4.69, 9.17) is 9.47 Å². The van der Waals surface area contributed by atoms with Crippen LogP contribution in [0.15, 0.2) is 78.0 Å². The van der Waals surface area contributed by atoms with Gasteiger partial charge < -0.3 is 19.3 Å². The lowest BCUT2D eigenvalue weighted by atomic mass is 9.86. The lowest BCUT2D eigenvalue weighted by Crippen LogP contribution is -2.54. The molecule has 70 heavy (non-hydrogen) atoms. The fraction of sp³-hybridized carbons (Fsp3) is 0.375. The number of amides is 4. The van der Waals surface area contributed by atoms with Crippen molar-refractivity contribution in [2.45, 2.75) is 69.3 Å². The molecule has 2 aromatic heterocycles. The molecule has 4 aliphatic heterocycles. The first-order valence-electron chi connectivity index (χ1n) is 22.9. The maximum Gasteiger partial charge on any atom is 0.301 e. The van der Waals surface area contributed by atoms with Crippen LogP contribution >= 0.6 is 0 Å². The molecule has 19 nitrogen and oxygen atoms in total. The molecule has 1 saturated carbocycles. The van der Waals surface area contributed by atoms with Crippen LogP contribution in [0.2, 0.25) is 0 Å². The molecule has 22 heteroatoms. The second kappa shape index (κ2) is 18.5. The summed E-state index contributed by atoms with van der Waals surface area (Å²) in [6.07, 6.45) is 5.28. The van der Waals surface area contributed by atoms with Gasteiger partial charge in [-0.2, -0.15) is 18.0 Å². The van der Waals surface area contributed by atoms with Gasteiger partial charge in [0.25, 0.3) is 17.4 Å². The van der Waals surface area contributed by atoms with E-state index in [-0.39, 0.29) is 66.4 Å². The van der Waals surface area contributed by atoms with E-state index in [1.165, 1.54) is 29.1 Å². The van der Waals surface area contributed by atoms with Gasteiger partial charge in [0, 0.05) is 58.0 Å². The summed E-state index contributed by atoms with van der Waals surface area (Å²) in [6, 6.07) is 15.8. The minimum absolute atomic E-state index is 0.0110. The molecular weight excluding hydrogens is 931 g/mol. The maximum atomic E-state index is 15.2. The van der Waals surface area contributed by atoms with Crippen molar-refractivity contribution in [3.05, 3.63) is 106 Å². The topological polar surface area (TPSA) is 229 Å². The van der Waals surface area contributed by atoms with E-state index in [1.807, 2.05) is 6.07 Å². The maximum absolute atomic E-state index is 15.2. The normalized spacial score (nSPS) is 22.0. The number of halogens is 2. The Morgan fingerprint density at radius 1 is 0.914 bits per heavy atom. The average Bonchev–Trinajstić information content (AvgIpc) is 3.89. The number of fused-ring (bicyclic) bond motifs is 2. The first-order valence-corrected chi connectivity index (χ1v) is 24.4. The van der Waals surface area contributed by atoms with E-state index in [0.29, 0.717) is 28.9 Å². The number of piperidine rings is 2. The van der Waals surface area contributed by atoms with Crippen molar-refractivity contribution in [3.8, 4) is 29.0 Å². The number of hydrogen-bond acceptors (Lipinski definition) is 14. The Balaban J connectivity index is 0.720.